The molecule has 25 heavy (non-hydrogen) atoms. The fourth-order valence-corrected chi connectivity index (χ4v) is 4.37. The summed E-state index contributed by atoms with van der Waals surface area (Å²) in [7, 11) is -3.49. The van der Waals surface area contributed by atoms with E-state index in [9.17, 15) is 8.42 Å². The van der Waals surface area contributed by atoms with Crippen molar-refractivity contribution in [3.05, 3.63) is 65.8 Å². The van der Waals surface area contributed by atoms with Crippen molar-refractivity contribution < 1.29 is 8.42 Å². The lowest BCUT2D eigenvalue weighted by atomic mass is 10.1. The molecule has 2 aromatic carbocycles. The number of hydrogen-bond acceptors (Lipinski definition) is 4. The van der Waals surface area contributed by atoms with Crippen LogP contribution in [0.3, 0.4) is 0 Å². The van der Waals surface area contributed by atoms with Crippen LogP contribution in [0.4, 0.5) is 0 Å². The Kier molecular flexibility index (Phi) is 4.07. The summed E-state index contributed by atoms with van der Waals surface area (Å²) in [5, 5.41) is 8.83. The van der Waals surface area contributed by atoms with Crippen LogP contribution in [-0.2, 0) is 10.0 Å². The van der Waals surface area contributed by atoms with Crippen molar-refractivity contribution in [2.75, 3.05) is 13.1 Å². The van der Waals surface area contributed by atoms with Gasteiger partial charge in [-0.05, 0) is 24.3 Å². The Morgan fingerprint density at radius 1 is 1.00 bits per heavy atom. The Morgan fingerprint density at radius 3 is 2.36 bits per heavy atom. The Balaban J connectivity index is 1.47. The lowest BCUT2D eigenvalue weighted by Gasteiger charge is -2.37. The van der Waals surface area contributed by atoms with Gasteiger partial charge in [0.25, 0.3) is 0 Å². The van der Waals surface area contributed by atoms with Crippen LogP contribution >= 0.6 is 11.6 Å². The van der Waals surface area contributed by atoms with E-state index in [4.69, 9.17) is 11.6 Å². The van der Waals surface area contributed by atoms with Gasteiger partial charge in [-0.1, -0.05) is 47.1 Å². The number of hydrogen-bond donors (Lipinski definition) is 0. The van der Waals surface area contributed by atoms with Crippen molar-refractivity contribution in [2.24, 2.45) is 0 Å². The van der Waals surface area contributed by atoms with Gasteiger partial charge >= 0.3 is 0 Å². The van der Waals surface area contributed by atoms with Gasteiger partial charge in [0.1, 0.15) is 5.69 Å². The third kappa shape index (κ3) is 3.06. The fraction of sp³-hybridized carbons (Fsp3) is 0.176. The number of aromatic nitrogens is 3. The van der Waals surface area contributed by atoms with Crippen molar-refractivity contribution in [1.29, 1.82) is 0 Å². The first-order valence-corrected chi connectivity index (χ1v) is 9.59. The molecule has 3 aromatic rings. The van der Waals surface area contributed by atoms with Gasteiger partial charge in [0.15, 0.2) is 0 Å². The van der Waals surface area contributed by atoms with Crippen LogP contribution in [-0.4, -0.2) is 40.8 Å². The van der Waals surface area contributed by atoms with E-state index in [2.05, 4.69) is 10.3 Å². The van der Waals surface area contributed by atoms with Gasteiger partial charge in [-0.25, -0.2) is 13.1 Å². The monoisotopic (exact) mass is 374 g/mol. The smallest absolute Gasteiger partial charge is 0.243 e. The van der Waals surface area contributed by atoms with Crippen LogP contribution in [0.25, 0.3) is 11.3 Å². The maximum Gasteiger partial charge on any atom is 0.243 e. The minimum absolute atomic E-state index is 0.00737. The van der Waals surface area contributed by atoms with Crippen molar-refractivity contribution in [1.82, 2.24) is 19.3 Å². The average Bonchev–Trinajstić information content (AvgIpc) is 3.04. The first kappa shape index (κ1) is 16.3. The molecule has 2 heterocycles. The van der Waals surface area contributed by atoms with E-state index in [1.165, 1.54) is 16.4 Å². The summed E-state index contributed by atoms with van der Waals surface area (Å²) in [4.78, 5) is 0.249. The van der Waals surface area contributed by atoms with Crippen LogP contribution < -0.4 is 0 Å². The Bertz CT molecular complexity index is 981. The molecule has 1 saturated heterocycles. The molecule has 0 atom stereocenters. The number of sulfonamides is 1. The minimum Gasteiger partial charge on any atom is -0.246 e. The molecule has 4 rings (SSSR count). The Hall–Kier alpha value is -2.22. The largest absolute Gasteiger partial charge is 0.246 e. The second-order valence-electron chi connectivity index (χ2n) is 5.88. The van der Waals surface area contributed by atoms with E-state index < -0.39 is 10.0 Å². The SMILES string of the molecule is O=S(=O)(c1ccc(Cl)cc1)N1CC(n2cc(-c3ccccc3)nn2)C1. The quantitative estimate of drug-likeness (QED) is 0.704. The first-order valence-electron chi connectivity index (χ1n) is 7.77. The molecule has 128 valence electrons. The van der Waals surface area contributed by atoms with Crippen LogP contribution in [0.1, 0.15) is 6.04 Å². The Morgan fingerprint density at radius 2 is 1.68 bits per heavy atom. The number of nitrogens with zero attached hydrogens (tertiary/aromatic N) is 4. The average molecular weight is 375 g/mol. The summed E-state index contributed by atoms with van der Waals surface area (Å²) in [6.45, 7) is 0.755. The molecule has 0 saturated carbocycles. The number of halogens is 1. The molecule has 0 bridgehead atoms. The van der Waals surface area contributed by atoms with E-state index in [0.29, 0.717) is 18.1 Å². The normalized spacial score (nSPS) is 15.9. The second-order valence-corrected chi connectivity index (χ2v) is 8.25. The highest BCUT2D eigenvalue weighted by Gasteiger charge is 2.38. The van der Waals surface area contributed by atoms with E-state index in [1.807, 2.05) is 36.5 Å². The summed E-state index contributed by atoms with van der Waals surface area (Å²) >= 11 is 5.82. The summed E-state index contributed by atoms with van der Waals surface area (Å²) in [5.74, 6) is 0. The van der Waals surface area contributed by atoms with Crippen LogP contribution in [0.5, 0.6) is 0 Å². The predicted octanol–water partition coefficient (Wildman–Crippen LogP) is 2.84. The molecule has 0 radical (unpaired) electrons. The van der Waals surface area contributed by atoms with Gasteiger partial charge in [-0.15, -0.1) is 5.10 Å². The third-order valence-corrected chi connectivity index (χ3v) is 6.33. The van der Waals surface area contributed by atoms with Gasteiger partial charge in [0, 0.05) is 23.7 Å². The molecule has 0 spiro atoms. The lowest BCUT2D eigenvalue weighted by molar-refractivity contribution is 0.189. The summed E-state index contributed by atoms with van der Waals surface area (Å²) in [6.07, 6.45) is 1.85. The number of rotatable bonds is 4. The maximum atomic E-state index is 12.6. The molecule has 0 aliphatic carbocycles. The molecule has 1 aliphatic rings. The van der Waals surface area contributed by atoms with Gasteiger partial charge in [-0.2, -0.15) is 4.31 Å². The van der Waals surface area contributed by atoms with Crippen molar-refractivity contribution >= 4 is 21.6 Å². The van der Waals surface area contributed by atoms with Crippen LogP contribution in [0.2, 0.25) is 5.02 Å². The molecule has 1 aromatic heterocycles. The van der Waals surface area contributed by atoms with E-state index in [-0.39, 0.29) is 10.9 Å². The van der Waals surface area contributed by atoms with E-state index in [1.54, 1.807) is 16.8 Å². The standard InChI is InChI=1S/C17H15ClN4O2S/c18-14-6-8-16(9-7-14)25(23,24)21-10-15(11-21)22-12-17(19-20-22)13-4-2-1-3-5-13/h1-9,12,15H,10-11H2. The maximum absolute atomic E-state index is 12.6. The zero-order chi connectivity index (χ0) is 17.4. The fourth-order valence-electron chi connectivity index (χ4n) is 2.73. The second kappa shape index (κ2) is 6.25. The molecular weight excluding hydrogens is 360 g/mol. The highest BCUT2D eigenvalue weighted by atomic mass is 35.5. The molecule has 8 heteroatoms. The minimum atomic E-state index is -3.49. The molecule has 1 fully saturated rings. The molecule has 0 amide bonds. The van der Waals surface area contributed by atoms with E-state index >= 15 is 0 Å². The van der Waals surface area contributed by atoms with Crippen LogP contribution in [0, 0.1) is 0 Å². The van der Waals surface area contributed by atoms with Crippen LogP contribution in [0.15, 0.2) is 65.7 Å². The van der Waals surface area contributed by atoms with Crippen molar-refractivity contribution in [3.63, 3.8) is 0 Å². The van der Waals surface area contributed by atoms with Crippen molar-refractivity contribution in [3.8, 4) is 11.3 Å². The predicted molar refractivity (Wildman–Crippen MR) is 94.7 cm³/mol. The summed E-state index contributed by atoms with van der Waals surface area (Å²) < 4.78 is 28.3. The zero-order valence-corrected chi connectivity index (χ0v) is 14.7. The third-order valence-electron chi connectivity index (χ3n) is 4.23. The highest BCUT2D eigenvalue weighted by Crippen LogP contribution is 2.29. The van der Waals surface area contributed by atoms with Crippen molar-refractivity contribution in [2.45, 2.75) is 10.9 Å². The molecule has 6 nitrogen and oxygen atoms in total. The van der Waals surface area contributed by atoms with Gasteiger partial charge in [0.05, 0.1) is 17.1 Å². The summed E-state index contributed by atoms with van der Waals surface area (Å²) in [6, 6.07) is 16.0. The van der Waals surface area contributed by atoms with Gasteiger partial charge in [0.2, 0.25) is 10.0 Å². The molecular formula is C17H15ClN4O2S. The topological polar surface area (TPSA) is 68.1 Å². The highest BCUT2D eigenvalue weighted by molar-refractivity contribution is 7.89. The number of benzene rings is 2. The van der Waals surface area contributed by atoms with Gasteiger partial charge < -0.3 is 0 Å². The zero-order valence-electron chi connectivity index (χ0n) is 13.2. The Labute approximate surface area is 150 Å². The lowest BCUT2D eigenvalue weighted by Crippen LogP contribution is -2.50. The molecule has 0 N–H and O–H groups in total. The molecule has 0 unspecified atom stereocenters. The van der Waals surface area contributed by atoms with Gasteiger partial charge in [-0.3, -0.25) is 0 Å². The summed E-state index contributed by atoms with van der Waals surface area (Å²) in [5.41, 5.74) is 1.76. The first-order chi connectivity index (χ1) is 12.0. The van der Waals surface area contributed by atoms with E-state index in [0.717, 1.165) is 11.3 Å². The molecule has 1 aliphatic heterocycles.